The molecule has 0 amide bonds. The highest BCUT2D eigenvalue weighted by Gasteiger charge is 2.26. The van der Waals surface area contributed by atoms with Crippen LogP contribution in [0.25, 0.3) is 0 Å². The molecule has 0 aliphatic rings. The monoisotopic (exact) mass is 226 g/mol. The maximum Gasteiger partial charge on any atom is 0.146 e. The highest BCUT2D eigenvalue weighted by Crippen LogP contribution is 2.21. The number of ketones is 1. The molecule has 0 atom stereocenters. The SMILES string of the molecule is Cc1nc(CC(=O)C(C)(C)CN)sc1C. The molecule has 0 saturated heterocycles. The first-order chi connectivity index (χ1) is 6.86. The number of thiazole rings is 1. The van der Waals surface area contributed by atoms with Gasteiger partial charge >= 0.3 is 0 Å². The molecule has 3 nitrogen and oxygen atoms in total. The van der Waals surface area contributed by atoms with E-state index in [1.165, 1.54) is 4.88 Å². The van der Waals surface area contributed by atoms with Crippen LogP contribution >= 0.6 is 11.3 Å². The lowest BCUT2D eigenvalue weighted by molar-refractivity contribution is -0.125. The predicted molar refractivity (Wildman–Crippen MR) is 63.1 cm³/mol. The van der Waals surface area contributed by atoms with Crippen molar-refractivity contribution in [3.63, 3.8) is 0 Å². The third kappa shape index (κ3) is 2.86. The number of nitrogens with two attached hydrogens (primary N) is 1. The second kappa shape index (κ2) is 4.41. The molecule has 0 saturated carbocycles. The fraction of sp³-hybridized carbons (Fsp3) is 0.636. The average molecular weight is 226 g/mol. The van der Waals surface area contributed by atoms with Crippen molar-refractivity contribution in [2.75, 3.05) is 6.54 Å². The zero-order valence-electron chi connectivity index (χ0n) is 9.76. The standard InChI is InChI=1S/C11H18N2OS/c1-7-8(2)15-10(13-7)5-9(14)11(3,4)6-12/h5-6,12H2,1-4H3. The van der Waals surface area contributed by atoms with Gasteiger partial charge in [0.1, 0.15) is 10.8 Å². The Kier molecular flexibility index (Phi) is 3.62. The first kappa shape index (κ1) is 12.3. The number of Topliss-reactive ketones (excluding diaryl/α,β-unsaturated/α-hetero) is 1. The lowest BCUT2D eigenvalue weighted by Crippen LogP contribution is -2.33. The normalized spacial score (nSPS) is 11.8. The van der Waals surface area contributed by atoms with E-state index in [1.54, 1.807) is 11.3 Å². The molecule has 1 aromatic heterocycles. The Balaban J connectivity index is 2.75. The number of carbonyl (C=O) groups excluding carboxylic acids is 1. The Morgan fingerprint density at radius 1 is 1.47 bits per heavy atom. The van der Waals surface area contributed by atoms with Crippen molar-refractivity contribution in [1.29, 1.82) is 0 Å². The van der Waals surface area contributed by atoms with E-state index in [4.69, 9.17) is 5.73 Å². The molecule has 0 aromatic carbocycles. The van der Waals surface area contributed by atoms with Gasteiger partial charge in [0.25, 0.3) is 0 Å². The van der Waals surface area contributed by atoms with Gasteiger partial charge in [-0.1, -0.05) is 13.8 Å². The zero-order valence-corrected chi connectivity index (χ0v) is 10.6. The third-order valence-electron chi connectivity index (χ3n) is 2.65. The molecular weight excluding hydrogens is 208 g/mol. The summed E-state index contributed by atoms with van der Waals surface area (Å²) in [5.41, 5.74) is 6.14. The molecule has 1 aromatic rings. The summed E-state index contributed by atoms with van der Waals surface area (Å²) in [5, 5.41) is 0.900. The van der Waals surface area contributed by atoms with Crippen molar-refractivity contribution in [3.05, 3.63) is 15.6 Å². The Hall–Kier alpha value is -0.740. The minimum atomic E-state index is -0.437. The van der Waals surface area contributed by atoms with Crippen molar-refractivity contribution >= 4 is 17.1 Å². The summed E-state index contributed by atoms with van der Waals surface area (Å²) in [6.45, 7) is 8.13. The van der Waals surface area contributed by atoms with Gasteiger partial charge in [0.05, 0.1) is 12.1 Å². The van der Waals surface area contributed by atoms with E-state index in [0.29, 0.717) is 13.0 Å². The number of rotatable bonds is 4. The van der Waals surface area contributed by atoms with Gasteiger partial charge in [-0.05, 0) is 13.8 Å². The molecule has 0 aliphatic carbocycles. The van der Waals surface area contributed by atoms with E-state index in [0.717, 1.165) is 10.7 Å². The summed E-state index contributed by atoms with van der Waals surface area (Å²) >= 11 is 1.60. The van der Waals surface area contributed by atoms with Gasteiger partial charge in [0, 0.05) is 16.8 Å². The van der Waals surface area contributed by atoms with Crippen LogP contribution < -0.4 is 5.73 Å². The topological polar surface area (TPSA) is 56.0 Å². The van der Waals surface area contributed by atoms with Crippen LogP contribution in [-0.2, 0) is 11.2 Å². The predicted octanol–water partition coefficient (Wildman–Crippen LogP) is 1.86. The number of aryl methyl sites for hydroxylation is 2. The van der Waals surface area contributed by atoms with E-state index in [1.807, 2.05) is 27.7 Å². The van der Waals surface area contributed by atoms with Gasteiger partial charge in [-0.15, -0.1) is 11.3 Å². The summed E-state index contributed by atoms with van der Waals surface area (Å²) < 4.78 is 0. The van der Waals surface area contributed by atoms with Crippen molar-refractivity contribution in [2.45, 2.75) is 34.1 Å². The molecule has 0 bridgehead atoms. The number of aromatic nitrogens is 1. The molecule has 84 valence electrons. The van der Waals surface area contributed by atoms with Crippen LogP contribution in [0.1, 0.15) is 29.4 Å². The Bertz CT molecular complexity index is 349. The second-order valence-electron chi connectivity index (χ2n) is 4.44. The first-order valence-corrected chi connectivity index (χ1v) is 5.84. The first-order valence-electron chi connectivity index (χ1n) is 5.03. The lowest BCUT2D eigenvalue weighted by atomic mass is 9.87. The molecule has 0 unspecified atom stereocenters. The summed E-state index contributed by atoms with van der Waals surface area (Å²) in [6, 6.07) is 0. The van der Waals surface area contributed by atoms with Crippen molar-refractivity contribution in [1.82, 2.24) is 4.98 Å². The van der Waals surface area contributed by atoms with E-state index in [-0.39, 0.29) is 5.78 Å². The van der Waals surface area contributed by atoms with Crippen LogP contribution in [0, 0.1) is 19.3 Å². The van der Waals surface area contributed by atoms with Gasteiger partial charge < -0.3 is 5.73 Å². The molecule has 2 N–H and O–H groups in total. The van der Waals surface area contributed by atoms with Crippen LogP contribution in [0.3, 0.4) is 0 Å². The molecule has 4 heteroatoms. The number of carbonyl (C=O) groups is 1. The smallest absolute Gasteiger partial charge is 0.146 e. The summed E-state index contributed by atoms with van der Waals surface area (Å²) in [5.74, 6) is 0.166. The van der Waals surface area contributed by atoms with Gasteiger partial charge in [-0.25, -0.2) is 4.98 Å². The Morgan fingerprint density at radius 2 is 2.07 bits per heavy atom. The third-order valence-corrected chi connectivity index (χ3v) is 3.72. The fourth-order valence-electron chi connectivity index (χ4n) is 1.11. The lowest BCUT2D eigenvalue weighted by Gasteiger charge is -2.19. The van der Waals surface area contributed by atoms with Gasteiger partial charge in [0.2, 0.25) is 0 Å². The van der Waals surface area contributed by atoms with Crippen LogP contribution in [0.4, 0.5) is 0 Å². The number of nitrogens with zero attached hydrogens (tertiary/aromatic N) is 1. The maximum atomic E-state index is 11.9. The van der Waals surface area contributed by atoms with Crippen LogP contribution in [0.2, 0.25) is 0 Å². The van der Waals surface area contributed by atoms with Crippen molar-refractivity contribution in [3.8, 4) is 0 Å². The number of hydrogen-bond donors (Lipinski definition) is 1. The molecule has 0 spiro atoms. The van der Waals surface area contributed by atoms with Crippen LogP contribution in [0.15, 0.2) is 0 Å². The second-order valence-corrected chi connectivity index (χ2v) is 5.72. The molecule has 0 radical (unpaired) electrons. The fourth-order valence-corrected chi connectivity index (χ4v) is 2.04. The van der Waals surface area contributed by atoms with E-state index in [9.17, 15) is 4.79 Å². The maximum absolute atomic E-state index is 11.9. The number of hydrogen-bond acceptors (Lipinski definition) is 4. The van der Waals surface area contributed by atoms with Gasteiger partial charge in [-0.3, -0.25) is 4.79 Å². The largest absolute Gasteiger partial charge is 0.329 e. The molecule has 0 fully saturated rings. The Morgan fingerprint density at radius 3 is 2.47 bits per heavy atom. The minimum Gasteiger partial charge on any atom is -0.329 e. The van der Waals surface area contributed by atoms with Gasteiger partial charge in [-0.2, -0.15) is 0 Å². The van der Waals surface area contributed by atoms with E-state index >= 15 is 0 Å². The van der Waals surface area contributed by atoms with Gasteiger partial charge in [0.15, 0.2) is 0 Å². The molecule has 1 rings (SSSR count). The van der Waals surface area contributed by atoms with E-state index < -0.39 is 5.41 Å². The molecule has 1 heterocycles. The zero-order chi connectivity index (χ0) is 11.6. The average Bonchev–Trinajstić information content (AvgIpc) is 2.46. The summed E-state index contributed by atoms with van der Waals surface area (Å²) in [7, 11) is 0. The van der Waals surface area contributed by atoms with E-state index in [2.05, 4.69) is 4.98 Å². The molecule has 0 aliphatic heterocycles. The van der Waals surface area contributed by atoms with Crippen molar-refractivity contribution in [2.24, 2.45) is 11.1 Å². The summed E-state index contributed by atoms with van der Waals surface area (Å²) in [4.78, 5) is 17.4. The van der Waals surface area contributed by atoms with Crippen LogP contribution in [-0.4, -0.2) is 17.3 Å². The van der Waals surface area contributed by atoms with Crippen LogP contribution in [0.5, 0.6) is 0 Å². The minimum absolute atomic E-state index is 0.166. The molecular formula is C11H18N2OS. The molecule has 15 heavy (non-hydrogen) atoms. The van der Waals surface area contributed by atoms with Crippen molar-refractivity contribution < 1.29 is 4.79 Å². The quantitative estimate of drug-likeness (QED) is 0.852. The Labute approximate surface area is 94.7 Å². The highest BCUT2D eigenvalue weighted by molar-refractivity contribution is 7.11. The highest BCUT2D eigenvalue weighted by atomic mass is 32.1. The summed E-state index contributed by atoms with van der Waals surface area (Å²) in [6.07, 6.45) is 0.406.